The number of aryl methyl sites for hydroxylation is 2. The first-order chi connectivity index (χ1) is 21.0. The third kappa shape index (κ3) is 5.98. The van der Waals surface area contributed by atoms with Crippen LogP contribution in [0.1, 0.15) is 26.3 Å². The zero-order valence-electron chi connectivity index (χ0n) is 23.2. The highest BCUT2D eigenvalue weighted by atomic mass is 19.1. The highest BCUT2D eigenvalue weighted by Gasteiger charge is 2.19. The van der Waals surface area contributed by atoms with E-state index < -0.39 is 11.9 Å². The Morgan fingerprint density at radius 1 is 0.884 bits per heavy atom. The van der Waals surface area contributed by atoms with Crippen LogP contribution >= 0.6 is 0 Å². The first-order valence-electron chi connectivity index (χ1n) is 13.6. The van der Waals surface area contributed by atoms with Crippen molar-refractivity contribution < 1.29 is 14.0 Å². The van der Waals surface area contributed by atoms with E-state index in [1.54, 1.807) is 54.7 Å². The Bertz CT molecular complexity index is 1930. The second-order valence-corrected chi connectivity index (χ2v) is 9.85. The largest absolute Gasteiger partial charge is 0.311 e. The van der Waals surface area contributed by atoms with Crippen molar-refractivity contribution in [2.24, 2.45) is 0 Å². The fraction of sp³-hybridized carbons (Fsp3) is 0.0909. The van der Waals surface area contributed by atoms with Gasteiger partial charge in [-0.25, -0.2) is 9.97 Å². The number of pyridine rings is 3. The van der Waals surface area contributed by atoms with Gasteiger partial charge in [-0.2, -0.15) is 4.39 Å². The van der Waals surface area contributed by atoms with Crippen LogP contribution in [-0.2, 0) is 13.0 Å². The number of anilines is 2. The van der Waals surface area contributed by atoms with Gasteiger partial charge in [0.05, 0.1) is 16.7 Å². The summed E-state index contributed by atoms with van der Waals surface area (Å²) in [6.07, 6.45) is 7.03. The van der Waals surface area contributed by atoms with E-state index in [9.17, 15) is 14.0 Å². The second kappa shape index (κ2) is 12.0. The molecule has 10 heteroatoms. The van der Waals surface area contributed by atoms with E-state index in [1.807, 2.05) is 53.1 Å². The first-order valence-corrected chi connectivity index (χ1v) is 13.6. The summed E-state index contributed by atoms with van der Waals surface area (Å²) >= 11 is 0. The third-order valence-electron chi connectivity index (χ3n) is 7.06. The number of aromatic nitrogens is 5. The molecule has 6 aromatic rings. The molecule has 43 heavy (non-hydrogen) atoms. The lowest BCUT2D eigenvalue weighted by atomic mass is 10.1. The van der Waals surface area contributed by atoms with Crippen molar-refractivity contribution in [2.45, 2.75) is 13.0 Å². The number of hydrogen-bond acceptors (Lipinski definition) is 6. The van der Waals surface area contributed by atoms with Gasteiger partial charge in [0.1, 0.15) is 0 Å². The fourth-order valence-corrected chi connectivity index (χ4v) is 4.79. The molecular weight excluding hydrogens is 545 g/mol. The Morgan fingerprint density at radius 3 is 2.51 bits per heavy atom. The van der Waals surface area contributed by atoms with Crippen LogP contribution in [0, 0.1) is 5.95 Å². The summed E-state index contributed by atoms with van der Waals surface area (Å²) in [6.45, 7) is 0.522. The molecule has 4 aromatic heterocycles. The van der Waals surface area contributed by atoms with Gasteiger partial charge < -0.3 is 9.47 Å². The van der Waals surface area contributed by atoms with E-state index in [2.05, 4.69) is 20.3 Å². The number of carbonyl (C=O) groups is 2. The van der Waals surface area contributed by atoms with E-state index in [0.29, 0.717) is 52.5 Å². The maximum absolute atomic E-state index is 13.7. The van der Waals surface area contributed by atoms with Crippen LogP contribution in [0.4, 0.5) is 16.0 Å². The number of fused-ring (bicyclic) bond motifs is 1. The van der Waals surface area contributed by atoms with Crippen molar-refractivity contribution in [1.29, 1.82) is 0 Å². The molecule has 0 radical (unpaired) electrons. The molecule has 0 aliphatic rings. The molecule has 0 spiro atoms. The lowest BCUT2D eigenvalue weighted by Crippen LogP contribution is -2.26. The number of amides is 2. The van der Waals surface area contributed by atoms with Crippen LogP contribution in [0.3, 0.4) is 0 Å². The maximum Gasteiger partial charge on any atom is 0.258 e. The van der Waals surface area contributed by atoms with Crippen LogP contribution in [-0.4, -0.2) is 43.4 Å². The molecule has 0 fully saturated rings. The summed E-state index contributed by atoms with van der Waals surface area (Å²) in [6, 6.07) is 24.6. The van der Waals surface area contributed by atoms with Gasteiger partial charge in [-0.05, 0) is 66.6 Å². The molecule has 4 heterocycles. The predicted octanol–water partition coefficient (Wildman–Crippen LogP) is 5.80. The number of nitrogens with zero attached hydrogens (tertiary/aromatic N) is 6. The highest BCUT2D eigenvalue weighted by molar-refractivity contribution is 6.07. The van der Waals surface area contributed by atoms with E-state index in [-0.39, 0.29) is 5.91 Å². The number of halogens is 1. The van der Waals surface area contributed by atoms with Crippen LogP contribution in [0.5, 0.6) is 0 Å². The number of rotatable bonds is 8. The fourth-order valence-electron chi connectivity index (χ4n) is 4.79. The molecule has 0 bridgehead atoms. The molecule has 9 nitrogen and oxygen atoms in total. The molecule has 0 unspecified atom stereocenters. The van der Waals surface area contributed by atoms with Crippen molar-refractivity contribution in [3.8, 4) is 11.3 Å². The standard InChI is InChI=1S/C33H26FN7O2/c1-40(32(43)23-7-3-2-4-8-23)26-9-10-29-28(20-26)38-33(41(29)17-13-22-6-5-14-35-21-22)39-31(42)25-12-15-36-27(18-25)24-11-16-37-30(34)19-24/h2-12,14-16,18-21H,13,17H2,1H3,(H,38,39,42). The maximum atomic E-state index is 13.7. The number of benzene rings is 2. The van der Waals surface area contributed by atoms with Crippen LogP contribution < -0.4 is 10.2 Å². The molecule has 0 aliphatic carbocycles. The Balaban J connectivity index is 1.32. The number of hydrogen-bond donors (Lipinski definition) is 1. The smallest absolute Gasteiger partial charge is 0.258 e. The molecule has 2 aromatic carbocycles. The number of carbonyl (C=O) groups excluding carboxylic acids is 2. The van der Waals surface area contributed by atoms with Crippen LogP contribution in [0.15, 0.2) is 110 Å². The number of imidazole rings is 1. The molecule has 212 valence electrons. The van der Waals surface area contributed by atoms with E-state index >= 15 is 0 Å². The van der Waals surface area contributed by atoms with Gasteiger partial charge in [0.25, 0.3) is 11.8 Å². The summed E-state index contributed by atoms with van der Waals surface area (Å²) in [5.74, 6) is -0.821. The Morgan fingerprint density at radius 2 is 1.72 bits per heavy atom. The quantitative estimate of drug-likeness (QED) is 0.232. The van der Waals surface area contributed by atoms with Gasteiger partial charge in [-0.3, -0.25) is 24.9 Å². The monoisotopic (exact) mass is 571 g/mol. The van der Waals surface area contributed by atoms with Gasteiger partial charge in [0.2, 0.25) is 11.9 Å². The Labute approximate surface area is 246 Å². The molecule has 6 rings (SSSR count). The molecule has 0 saturated carbocycles. The van der Waals surface area contributed by atoms with Crippen molar-refractivity contribution in [2.75, 3.05) is 17.3 Å². The molecule has 1 N–H and O–H groups in total. The van der Waals surface area contributed by atoms with Gasteiger partial charge >= 0.3 is 0 Å². The van der Waals surface area contributed by atoms with Gasteiger partial charge in [-0.15, -0.1) is 0 Å². The summed E-state index contributed by atoms with van der Waals surface area (Å²) in [4.78, 5) is 44.9. The van der Waals surface area contributed by atoms with Crippen molar-refractivity contribution in [1.82, 2.24) is 24.5 Å². The van der Waals surface area contributed by atoms with Crippen LogP contribution in [0.25, 0.3) is 22.3 Å². The lowest BCUT2D eigenvalue weighted by Gasteiger charge is -2.17. The van der Waals surface area contributed by atoms with E-state index in [4.69, 9.17) is 4.98 Å². The normalized spacial score (nSPS) is 10.9. The van der Waals surface area contributed by atoms with E-state index in [0.717, 1.165) is 11.1 Å². The minimum Gasteiger partial charge on any atom is -0.311 e. The average molecular weight is 572 g/mol. The van der Waals surface area contributed by atoms with Gasteiger partial charge in [0.15, 0.2) is 0 Å². The van der Waals surface area contributed by atoms with Crippen LogP contribution in [0.2, 0.25) is 0 Å². The van der Waals surface area contributed by atoms with Gasteiger partial charge in [0, 0.05) is 66.8 Å². The Kier molecular flexibility index (Phi) is 7.64. The molecule has 0 aliphatic heterocycles. The zero-order chi connectivity index (χ0) is 29.8. The summed E-state index contributed by atoms with van der Waals surface area (Å²) in [5, 5.41) is 2.94. The lowest BCUT2D eigenvalue weighted by molar-refractivity contribution is 0.0991. The topological polar surface area (TPSA) is 106 Å². The first kappa shape index (κ1) is 27.4. The second-order valence-electron chi connectivity index (χ2n) is 9.85. The minimum absolute atomic E-state index is 0.146. The van der Waals surface area contributed by atoms with Crippen molar-refractivity contribution in [3.63, 3.8) is 0 Å². The zero-order valence-corrected chi connectivity index (χ0v) is 23.2. The SMILES string of the molecule is CN(C(=O)c1ccccc1)c1ccc2c(c1)nc(NC(=O)c1ccnc(-c3ccnc(F)c3)c1)n2CCc1cccnc1. The molecule has 0 saturated heterocycles. The predicted molar refractivity (Wildman–Crippen MR) is 162 cm³/mol. The third-order valence-corrected chi connectivity index (χ3v) is 7.06. The summed E-state index contributed by atoms with van der Waals surface area (Å²) in [7, 11) is 1.72. The molecular formula is C33H26FN7O2. The van der Waals surface area contributed by atoms with Crippen molar-refractivity contribution in [3.05, 3.63) is 132 Å². The molecule has 2 amide bonds. The van der Waals surface area contributed by atoms with Crippen molar-refractivity contribution >= 4 is 34.5 Å². The summed E-state index contributed by atoms with van der Waals surface area (Å²) < 4.78 is 15.6. The van der Waals surface area contributed by atoms with E-state index in [1.165, 1.54) is 18.5 Å². The average Bonchev–Trinajstić information content (AvgIpc) is 3.39. The summed E-state index contributed by atoms with van der Waals surface area (Å²) in [5.41, 5.74) is 4.98. The highest BCUT2D eigenvalue weighted by Crippen LogP contribution is 2.27. The van der Waals surface area contributed by atoms with Gasteiger partial charge in [-0.1, -0.05) is 24.3 Å². The number of nitrogens with one attached hydrogen (secondary N) is 1. The Hall–Kier alpha value is -5.77. The minimum atomic E-state index is -0.632. The molecule has 0 atom stereocenters.